The number of carbonyl (C=O) groups is 2. The molecule has 340 valence electrons. The molecule has 0 radical (unpaired) electrons. The number of hydrogen-bond acceptors (Lipinski definition) is 8. The van der Waals surface area contributed by atoms with Crippen LogP contribution in [0.3, 0.4) is 0 Å². The summed E-state index contributed by atoms with van der Waals surface area (Å²) in [6, 6.07) is 0. The second-order valence-electron chi connectivity index (χ2n) is 15.7. The SMILES string of the molecule is CCCCC/C=C/C/C=C/C/C=C/C/C=C/C/C=C/CCC(=O)O[C@H](COC(=O)CCC/C=C/C/C=C/C/C=C/C/C=C/CCCCC)COP(=O)([O-])OCC[N+](C)(C)C. The van der Waals surface area contributed by atoms with Gasteiger partial charge in [-0.3, -0.25) is 14.2 Å². The summed E-state index contributed by atoms with van der Waals surface area (Å²) in [7, 11) is 1.07. The average Bonchev–Trinajstić information content (AvgIpc) is 3.20. The van der Waals surface area contributed by atoms with Gasteiger partial charge in [-0.1, -0.05) is 149 Å². The fraction of sp³-hybridized carbons (Fsp3) is 0.600. The molecule has 0 bridgehead atoms. The first-order chi connectivity index (χ1) is 29.0. The summed E-state index contributed by atoms with van der Waals surface area (Å²) in [4.78, 5) is 37.5. The zero-order chi connectivity index (χ0) is 44.3. The van der Waals surface area contributed by atoms with Crippen molar-refractivity contribution in [1.82, 2.24) is 0 Å². The molecular formula is C50H82NO8P. The predicted octanol–water partition coefficient (Wildman–Crippen LogP) is 12.5. The van der Waals surface area contributed by atoms with Gasteiger partial charge in [-0.2, -0.15) is 0 Å². The number of allylic oxidation sites excluding steroid dienone is 18. The smallest absolute Gasteiger partial charge is 0.306 e. The van der Waals surface area contributed by atoms with Crippen LogP contribution >= 0.6 is 7.82 Å². The van der Waals surface area contributed by atoms with Crippen molar-refractivity contribution < 1.29 is 42.1 Å². The summed E-state index contributed by atoms with van der Waals surface area (Å²) < 4.78 is 33.7. The molecule has 60 heavy (non-hydrogen) atoms. The molecule has 0 aliphatic carbocycles. The lowest BCUT2D eigenvalue weighted by atomic mass is 10.2. The van der Waals surface area contributed by atoms with Gasteiger partial charge in [0.15, 0.2) is 6.10 Å². The number of hydrogen-bond donors (Lipinski definition) is 0. The monoisotopic (exact) mass is 856 g/mol. The molecule has 1 unspecified atom stereocenters. The standard InChI is InChI=1S/C50H82NO8P/c1-6-8-10-12-14-16-18-20-22-24-25-27-29-31-33-35-37-39-41-43-50(53)59-48(47-58-60(54,55)57-45-44-51(3,4)5)46-56-49(52)42-40-38-36-34-32-30-28-26-23-21-19-17-15-13-11-9-7-2/h14-17,20-23,25,27-28,30-31,33-34,36-37,39,48H,6-13,18-19,24,26,29,32,35,38,40-47H2,1-5H3/b16-14+,17-15+,22-20+,23-21+,27-25+,30-28+,33-31+,36-34+,39-37+/t48-/m1/s1. The highest BCUT2D eigenvalue weighted by atomic mass is 31.2. The lowest BCUT2D eigenvalue weighted by Gasteiger charge is -2.28. The third-order valence-corrected chi connectivity index (χ3v) is 9.74. The maximum atomic E-state index is 12.7. The summed E-state index contributed by atoms with van der Waals surface area (Å²) in [5.41, 5.74) is 0. The Hall–Kier alpha value is -3.33. The summed E-state index contributed by atoms with van der Waals surface area (Å²) in [5, 5.41) is 0. The molecule has 0 aromatic rings. The number of phosphoric ester groups is 1. The number of carbonyl (C=O) groups excluding carboxylic acids is 2. The third-order valence-electron chi connectivity index (χ3n) is 8.78. The first-order valence-electron chi connectivity index (χ1n) is 22.6. The number of likely N-dealkylation sites (N-methyl/N-ethyl adjacent to an activating group) is 1. The van der Waals surface area contributed by atoms with Crippen LogP contribution in [0.15, 0.2) is 109 Å². The normalized spacial score (nSPS) is 14.6. The first kappa shape index (κ1) is 56.7. The van der Waals surface area contributed by atoms with E-state index in [9.17, 15) is 19.0 Å². The molecule has 0 spiro atoms. The number of unbranched alkanes of at least 4 members (excludes halogenated alkanes) is 7. The van der Waals surface area contributed by atoms with Crippen molar-refractivity contribution in [3.8, 4) is 0 Å². The summed E-state index contributed by atoms with van der Waals surface area (Å²) >= 11 is 0. The summed E-state index contributed by atoms with van der Waals surface area (Å²) in [6.07, 6.45) is 55.7. The second kappa shape index (κ2) is 41.0. The van der Waals surface area contributed by atoms with Crippen molar-refractivity contribution in [3.05, 3.63) is 109 Å². The summed E-state index contributed by atoms with van der Waals surface area (Å²) in [6.45, 7) is 3.99. The van der Waals surface area contributed by atoms with E-state index in [1.807, 2.05) is 39.4 Å². The quantitative estimate of drug-likeness (QED) is 0.0198. The van der Waals surface area contributed by atoms with Crippen LogP contribution in [0.5, 0.6) is 0 Å². The molecule has 10 heteroatoms. The highest BCUT2D eigenvalue weighted by molar-refractivity contribution is 7.45. The van der Waals surface area contributed by atoms with Crippen LogP contribution in [-0.4, -0.2) is 70.0 Å². The Morgan fingerprint density at radius 2 is 0.917 bits per heavy atom. The van der Waals surface area contributed by atoms with E-state index in [-0.39, 0.29) is 26.1 Å². The van der Waals surface area contributed by atoms with Gasteiger partial charge in [0.1, 0.15) is 19.8 Å². The molecule has 0 aromatic carbocycles. The minimum Gasteiger partial charge on any atom is -0.756 e. The predicted molar refractivity (Wildman–Crippen MR) is 249 cm³/mol. The minimum absolute atomic E-state index is 0.0590. The molecule has 0 amide bonds. The summed E-state index contributed by atoms with van der Waals surface area (Å²) in [5.74, 6) is -1.01. The number of quaternary nitrogens is 1. The van der Waals surface area contributed by atoms with Gasteiger partial charge < -0.3 is 27.9 Å². The Bertz CT molecular complexity index is 1380. The van der Waals surface area contributed by atoms with E-state index < -0.39 is 32.5 Å². The van der Waals surface area contributed by atoms with E-state index in [1.165, 1.54) is 51.4 Å². The Kier molecular flexibility index (Phi) is 38.8. The molecule has 0 N–H and O–H groups in total. The van der Waals surface area contributed by atoms with Gasteiger partial charge in [-0.05, 0) is 89.9 Å². The second-order valence-corrected chi connectivity index (χ2v) is 17.1. The maximum absolute atomic E-state index is 12.7. The van der Waals surface area contributed by atoms with Crippen LogP contribution in [0.25, 0.3) is 0 Å². The molecule has 0 rings (SSSR count). The van der Waals surface area contributed by atoms with Crippen LogP contribution in [0, 0.1) is 0 Å². The van der Waals surface area contributed by atoms with Crippen LogP contribution in [0.4, 0.5) is 0 Å². The number of phosphoric acid groups is 1. The van der Waals surface area contributed by atoms with Gasteiger partial charge in [0.25, 0.3) is 7.82 Å². The van der Waals surface area contributed by atoms with Crippen molar-refractivity contribution in [3.63, 3.8) is 0 Å². The van der Waals surface area contributed by atoms with E-state index in [0.717, 1.165) is 51.4 Å². The van der Waals surface area contributed by atoms with E-state index in [4.69, 9.17) is 18.5 Å². The molecular weight excluding hydrogens is 774 g/mol. The number of ether oxygens (including phenoxy) is 2. The fourth-order valence-corrected chi connectivity index (χ4v) is 5.94. The molecule has 0 aliphatic heterocycles. The third kappa shape index (κ3) is 44.2. The van der Waals surface area contributed by atoms with Gasteiger partial charge in [0, 0.05) is 12.8 Å². The van der Waals surface area contributed by atoms with E-state index in [1.54, 1.807) is 0 Å². The zero-order valence-electron chi connectivity index (χ0n) is 38.1. The van der Waals surface area contributed by atoms with Crippen molar-refractivity contribution in [2.24, 2.45) is 0 Å². The van der Waals surface area contributed by atoms with Gasteiger partial charge in [0.05, 0.1) is 27.7 Å². The number of esters is 2. The lowest BCUT2D eigenvalue weighted by Crippen LogP contribution is -2.37. The topological polar surface area (TPSA) is 111 Å². The molecule has 0 heterocycles. The zero-order valence-corrected chi connectivity index (χ0v) is 39.0. The van der Waals surface area contributed by atoms with Crippen molar-refractivity contribution in [2.75, 3.05) is 47.5 Å². The molecule has 0 fully saturated rings. The highest BCUT2D eigenvalue weighted by Gasteiger charge is 2.21. The molecule has 0 saturated heterocycles. The van der Waals surface area contributed by atoms with Gasteiger partial charge in [-0.25, -0.2) is 0 Å². The first-order valence-corrected chi connectivity index (χ1v) is 24.1. The van der Waals surface area contributed by atoms with Crippen molar-refractivity contribution in [2.45, 2.75) is 148 Å². The van der Waals surface area contributed by atoms with Gasteiger partial charge in [0.2, 0.25) is 0 Å². The Morgan fingerprint density at radius 1 is 0.517 bits per heavy atom. The van der Waals surface area contributed by atoms with Crippen LogP contribution in [-0.2, 0) is 32.7 Å². The van der Waals surface area contributed by atoms with Crippen LogP contribution in [0.2, 0.25) is 0 Å². The van der Waals surface area contributed by atoms with Crippen LogP contribution < -0.4 is 4.89 Å². The molecule has 0 saturated carbocycles. The van der Waals surface area contributed by atoms with Crippen molar-refractivity contribution >= 4 is 19.8 Å². The average molecular weight is 856 g/mol. The van der Waals surface area contributed by atoms with Crippen LogP contribution in [0.1, 0.15) is 142 Å². The maximum Gasteiger partial charge on any atom is 0.306 e. The van der Waals surface area contributed by atoms with E-state index in [0.29, 0.717) is 23.9 Å². The van der Waals surface area contributed by atoms with E-state index >= 15 is 0 Å². The largest absolute Gasteiger partial charge is 0.756 e. The van der Waals surface area contributed by atoms with E-state index in [2.05, 4.69) is 105 Å². The van der Waals surface area contributed by atoms with Crippen molar-refractivity contribution in [1.29, 1.82) is 0 Å². The molecule has 2 atom stereocenters. The molecule has 9 nitrogen and oxygen atoms in total. The highest BCUT2D eigenvalue weighted by Crippen LogP contribution is 2.38. The minimum atomic E-state index is -4.67. The van der Waals surface area contributed by atoms with Gasteiger partial charge >= 0.3 is 11.9 Å². The molecule has 0 aliphatic rings. The Labute approximate surface area is 366 Å². The Balaban J connectivity index is 4.59. The number of rotatable bonds is 39. The fourth-order valence-electron chi connectivity index (χ4n) is 5.22. The molecule has 0 aromatic heterocycles. The van der Waals surface area contributed by atoms with Gasteiger partial charge in [-0.15, -0.1) is 0 Å². The Morgan fingerprint density at radius 3 is 1.33 bits per heavy atom. The number of nitrogens with zero attached hydrogens (tertiary/aromatic N) is 1. The lowest BCUT2D eigenvalue weighted by molar-refractivity contribution is -0.870.